The van der Waals surface area contributed by atoms with E-state index < -0.39 is 11.7 Å². The number of anilines is 1. The molecular formula is C20H34N6O3. The van der Waals surface area contributed by atoms with Crippen LogP contribution in [0.5, 0.6) is 0 Å². The summed E-state index contributed by atoms with van der Waals surface area (Å²) >= 11 is 0. The number of hydrogen-bond acceptors (Lipinski definition) is 5. The fraction of sp³-hybridized carbons (Fsp3) is 0.600. The van der Waals surface area contributed by atoms with E-state index in [9.17, 15) is 9.59 Å². The predicted octanol–water partition coefficient (Wildman–Crippen LogP) is 2.19. The standard InChI is InChI=1S/C20H34N6O3/c1-6-21-18(22-12-8-13-24-19(28)29-20(3,4)5)23-14-11-17(27)26-16-10-7-9-15(2)25-16/h7,9-10H,6,8,11-14H2,1-5H3,(H,24,28)(H2,21,22,23)(H,25,26,27). The van der Waals surface area contributed by atoms with Crippen molar-refractivity contribution in [2.75, 3.05) is 31.5 Å². The van der Waals surface area contributed by atoms with E-state index in [2.05, 4.69) is 31.2 Å². The lowest BCUT2D eigenvalue weighted by Crippen LogP contribution is -2.39. The van der Waals surface area contributed by atoms with Crippen molar-refractivity contribution in [3.05, 3.63) is 23.9 Å². The Kier molecular flexibility index (Phi) is 10.5. The van der Waals surface area contributed by atoms with E-state index in [0.29, 0.717) is 50.8 Å². The molecule has 162 valence electrons. The number of nitrogens with one attached hydrogen (secondary N) is 4. The first-order chi connectivity index (χ1) is 13.7. The van der Waals surface area contributed by atoms with E-state index in [1.807, 2.05) is 46.8 Å². The molecule has 0 unspecified atom stereocenters. The lowest BCUT2D eigenvalue weighted by Gasteiger charge is -2.19. The lowest BCUT2D eigenvalue weighted by molar-refractivity contribution is -0.116. The van der Waals surface area contributed by atoms with Crippen molar-refractivity contribution in [1.29, 1.82) is 0 Å². The van der Waals surface area contributed by atoms with Gasteiger partial charge in [0, 0.05) is 38.3 Å². The Bertz CT molecular complexity index is 685. The second-order valence-electron chi connectivity index (χ2n) is 7.43. The largest absolute Gasteiger partial charge is 0.444 e. The second kappa shape index (κ2) is 12.6. The highest BCUT2D eigenvalue weighted by atomic mass is 16.6. The Morgan fingerprint density at radius 3 is 2.55 bits per heavy atom. The Morgan fingerprint density at radius 2 is 1.90 bits per heavy atom. The zero-order valence-corrected chi connectivity index (χ0v) is 18.1. The Hall–Kier alpha value is -2.84. The normalized spacial score (nSPS) is 11.6. The molecule has 9 heteroatoms. The third-order valence-corrected chi connectivity index (χ3v) is 3.42. The summed E-state index contributed by atoms with van der Waals surface area (Å²) in [6.45, 7) is 11.5. The molecule has 29 heavy (non-hydrogen) atoms. The summed E-state index contributed by atoms with van der Waals surface area (Å²) < 4.78 is 5.18. The van der Waals surface area contributed by atoms with E-state index in [1.54, 1.807) is 6.07 Å². The third-order valence-electron chi connectivity index (χ3n) is 3.42. The van der Waals surface area contributed by atoms with Crippen LogP contribution >= 0.6 is 0 Å². The SMILES string of the molecule is CCNC(=NCCCNC(=O)OC(C)(C)C)NCCC(=O)Nc1cccc(C)n1. The van der Waals surface area contributed by atoms with Crippen LogP contribution in [0.4, 0.5) is 10.6 Å². The average Bonchev–Trinajstić information content (AvgIpc) is 2.59. The number of rotatable bonds is 9. The predicted molar refractivity (Wildman–Crippen MR) is 115 cm³/mol. The van der Waals surface area contributed by atoms with Gasteiger partial charge >= 0.3 is 6.09 Å². The number of nitrogens with zero attached hydrogens (tertiary/aromatic N) is 2. The van der Waals surface area contributed by atoms with Gasteiger partial charge in [0.15, 0.2) is 5.96 Å². The van der Waals surface area contributed by atoms with Gasteiger partial charge < -0.3 is 26.0 Å². The molecule has 0 aromatic carbocycles. The van der Waals surface area contributed by atoms with Crippen LogP contribution in [0, 0.1) is 6.92 Å². The van der Waals surface area contributed by atoms with Crippen molar-refractivity contribution < 1.29 is 14.3 Å². The minimum atomic E-state index is -0.508. The first-order valence-corrected chi connectivity index (χ1v) is 9.92. The van der Waals surface area contributed by atoms with E-state index in [0.717, 1.165) is 5.69 Å². The number of ether oxygens (including phenoxy) is 1. The van der Waals surface area contributed by atoms with Gasteiger partial charge in [0.25, 0.3) is 0 Å². The van der Waals surface area contributed by atoms with Crippen LogP contribution in [0.3, 0.4) is 0 Å². The zero-order chi connectivity index (χ0) is 21.7. The van der Waals surface area contributed by atoms with Gasteiger partial charge in [0.1, 0.15) is 11.4 Å². The molecule has 0 bridgehead atoms. The Morgan fingerprint density at radius 1 is 1.14 bits per heavy atom. The van der Waals surface area contributed by atoms with E-state index in [1.165, 1.54) is 0 Å². The van der Waals surface area contributed by atoms with Crippen molar-refractivity contribution in [2.45, 2.75) is 53.1 Å². The number of hydrogen-bond donors (Lipinski definition) is 4. The summed E-state index contributed by atoms with van der Waals surface area (Å²) in [7, 11) is 0. The lowest BCUT2D eigenvalue weighted by atomic mass is 10.2. The average molecular weight is 407 g/mol. The molecule has 1 heterocycles. The van der Waals surface area contributed by atoms with E-state index in [4.69, 9.17) is 4.74 Å². The topological polar surface area (TPSA) is 117 Å². The maximum Gasteiger partial charge on any atom is 0.407 e. The van der Waals surface area contributed by atoms with Crippen LogP contribution < -0.4 is 21.3 Å². The smallest absolute Gasteiger partial charge is 0.407 e. The number of alkyl carbamates (subject to hydrolysis) is 1. The highest BCUT2D eigenvalue weighted by Gasteiger charge is 2.15. The fourth-order valence-corrected chi connectivity index (χ4v) is 2.23. The molecule has 0 aliphatic carbocycles. The molecule has 0 saturated carbocycles. The number of pyridine rings is 1. The fourth-order valence-electron chi connectivity index (χ4n) is 2.23. The van der Waals surface area contributed by atoms with Crippen LogP contribution in [0.2, 0.25) is 0 Å². The van der Waals surface area contributed by atoms with Crippen LogP contribution in [-0.4, -0.2) is 54.7 Å². The van der Waals surface area contributed by atoms with Crippen LogP contribution in [0.25, 0.3) is 0 Å². The molecule has 0 radical (unpaired) electrons. The van der Waals surface area contributed by atoms with Gasteiger partial charge in [-0.15, -0.1) is 0 Å². The van der Waals surface area contributed by atoms with Gasteiger partial charge in [-0.3, -0.25) is 9.79 Å². The molecular weight excluding hydrogens is 372 g/mol. The molecule has 2 amide bonds. The highest BCUT2D eigenvalue weighted by Crippen LogP contribution is 2.06. The number of amides is 2. The molecule has 4 N–H and O–H groups in total. The molecule has 0 saturated heterocycles. The number of guanidine groups is 1. The Balaban J connectivity index is 2.29. The minimum absolute atomic E-state index is 0.118. The van der Waals surface area contributed by atoms with Gasteiger partial charge in [-0.25, -0.2) is 9.78 Å². The second-order valence-corrected chi connectivity index (χ2v) is 7.43. The summed E-state index contributed by atoms with van der Waals surface area (Å²) in [6.07, 6.45) is 0.538. The zero-order valence-electron chi connectivity index (χ0n) is 18.1. The van der Waals surface area contributed by atoms with Gasteiger partial charge in [-0.05, 0) is 53.2 Å². The first-order valence-electron chi connectivity index (χ1n) is 9.92. The van der Waals surface area contributed by atoms with Gasteiger partial charge in [-0.2, -0.15) is 0 Å². The molecule has 0 aliphatic rings. The maximum atomic E-state index is 12.0. The van der Waals surface area contributed by atoms with Crippen molar-refractivity contribution in [3.8, 4) is 0 Å². The molecule has 0 aliphatic heterocycles. The molecule has 0 atom stereocenters. The van der Waals surface area contributed by atoms with E-state index >= 15 is 0 Å². The van der Waals surface area contributed by atoms with Crippen molar-refractivity contribution in [1.82, 2.24) is 20.9 Å². The number of aryl methyl sites for hydroxylation is 1. The van der Waals surface area contributed by atoms with Crippen LogP contribution in [0.1, 0.15) is 46.2 Å². The molecule has 1 aromatic rings. The maximum absolute atomic E-state index is 12.0. The summed E-state index contributed by atoms with van der Waals surface area (Å²) in [4.78, 5) is 32.3. The highest BCUT2D eigenvalue weighted by molar-refractivity contribution is 5.90. The van der Waals surface area contributed by atoms with Crippen LogP contribution in [0.15, 0.2) is 23.2 Å². The third kappa shape index (κ3) is 12.3. The summed E-state index contributed by atoms with van der Waals surface area (Å²) in [5, 5.41) is 11.7. The summed E-state index contributed by atoms with van der Waals surface area (Å²) in [5.74, 6) is 1.06. The summed E-state index contributed by atoms with van der Waals surface area (Å²) in [5.41, 5.74) is 0.343. The first kappa shape index (κ1) is 24.2. The van der Waals surface area contributed by atoms with Gasteiger partial charge in [-0.1, -0.05) is 6.07 Å². The van der Waals surface area contributed by atoms with Gasteiger partial charge in [0.05, 0.1) is 0 Å². The Labute approximate surface area is 173 Å². The molecule has 1 aromatic heterocycles. The quantitative estimate of drug-likeness (QED) is 0.284. The van der Waals surface area contributed by atoms with E-state index in [-0.39, 0.29) is 5.91 Å². The van der Waals surface area contributed by atoms with Gasteiger partial charge in [0.2, 0.25) is 5.91 Å². The molecule has 0 fully saturated rings. The monoisotopic (exact) mass is 406 g/mol. The minimum Gasteiger partial charge on any atom is -0.444 e. The van der Waals surface area contributed by atoms with Crippen LogP contribution in [-0.2, 0) is 9.53 Å². The number of carbonyl (C=O) groups is 2. The van der Waals surface area contributed by atoms with Crippen molar-refractivity contribution >= 4 is 23.8 Å². The summed E-state index contributed by atoms with van der Waals surface area (Å²) in [6, 6.07) is 5.48. The molecule has 9 nitrogen and oxygen atoms in total. The molecule has 1 rings (SSSR count). The number of carbonyl (C=O) groups excluding carboxylic acids is 2. The van der Waals surface area contributed by atoms with Crippen molar-refractivity contribution in [2.24, 2.45) is 4.99 Å². The molecule has 0 spiro atoms. The van der Waals surface area contributed by atoms with Crippen molar-refractivity contribution in [3.63, 3.8) is 0 Å². The number of aromatic nitrogens is 1. The number of aliphatic imine (C=N–C) groups is 1.